The van der Waals surface area contributed by atoms with Crippen molar-refractivity contribution >= 4 is 17.8 Å². The lowest BCUT2D eigenvalue weighted by Crippen LogP contribution is -2.53. The van der Waals surface area contributed by atoms with E-state index in [4.69, 9.17) is 22.6 Å². The van der Waals surface area contributed by atoms with Crippen LogP contribution in [0.2, 0.25) is 0 Å². The third-order valence-corrected chi connectivity index (χ3v) is 9.28. The van der Waals surface area contributed by atoms with E-state index in [1.54, 1.807) is 0 Å². The molecule has 9 heteroatoms. The van der Waals surface area contributed by atoms with Crippen molar-refractivity contribution in [3.63, 3.8) is 0 Å². The summed E-state index contributed by atoms with van der Waals surface area (Å²) in [5, 5.41) is 13.0. The van der Waals surface area contributed by atoms with Crippen molar-refractivity contribution in [2.24, 2.45) is 17.2 Å². The third kappa shape index (κ3) is 28.8. The molecule has 0 heterocycles. The minimum absolute atomic E-state index is 0.0276. The summed E-state index contributed by atoms with van der Waals surface area (Å²) in [5.74, 6) is -0.354. The lowest BCUT2D eigenvalue weighted by Gasteiger charge is -2.29. The van der Waals surface area contributed by atoms with Gasteiger partial charge in [-0.3, -0.25) is 15.0 Å². The Balaban J connectivity index is 4.94. The first-order chi connectivity index (χ1) is 22.9. The van der Waals surface area contributed by atoms with Crippen LogP contribution in [0.3, 0.4) is 0 Å². The molecule has 0 spiro atoms. The Morgan fingerprint density at radius 1 is 0.617 bits per heavy atom. The quantitative estimate of drug-likeness (QED) is 0.0231. The molecule has 47 heavy (non-hydrogen) atoms. The molecule has 0 aliphatic heterocycles. The smallest absolute Gasteiger partial charge is 0.245 e. The fourth-order valence-corrected chi connectivity index (χ4v) is 6.19. The van der Waals surface area contributed by atoms with E-state index >= 15 is 0 Å². The highest BCUT2D eigenvalue weighted by Gasteiger charge is 2.27. The van der Waals surface area contributed by atoms with Crippen molar-refractivity contribution < 1.29 is 9.59 Å². The van der Waals surface area contributed by atoms with Crippen molar-refractivity contribution in [1.82, 2.24) is 15.5 Å². The number of hydrogen-bond donors (Lipinski definition) is 6. The van der Waals surface area contributed by atoms with Crippen molar-refractivity contribution in [3.05, 3.63) is 0 Å². The molecule has 0 rings (SSSR count). The van der Waals surface area contributed by atoms with Crippen molar-refractivity contribution in [2.45, 2.75) is 199 Å². The predicted molar refractivity (Wildman–Crippen MR) is 201 cm³/mol. The highest BCUT2D eigenvalue weighted by atomic mass is 16.2. The van der Waals surface area contributed by atoms with E-state index in [9.17, 15) is 9.59 Å². The van der Waals surface area contributed by atoms with Crippen molar-refractivity contribution in [1.29, 1.82) is 5.41 Å². The molecule has 2 atom stereocenters. The van der Waals surface area contributed by atoms with E-state index in [2.05, 4.69) is 24.5 Å². The van der Waals surface area contributed by atoms with E-state index < -0.39 is 12.1 Å². The summed E-state index contributed by atoms with van der Waals surface area (Å²) in [7, 11) is 0. The van der Waals surface area contributed by atoms with Crippen LogP contribution in [0.4, 0.5) is 0 Å². The molecule has 2 amide bonds. The van der Waals surface area contributed by atoms with Crippen LogP contribution in [0, 0.1) is 5.41 Å². The number of rotatable bonds is 35. The first kappa shape index (κ1) is 45.1. The number of nitrogens with zero attached hydrogens (tertiary/aromatic N) is 1. The monoisotopic (exact) mass is 666 g/mol. The molecule has 0 aliphatic carbocycles. The molecule has 0 radical (unpaired) electrons. The molecular formula is C38H79N7O2. The summed E-state index contributed by atoms with van der Waals surface area (Å²) >= 11 is 0. The molecule has 9 nitrogen and oxygen atoms in total. The number of nitrogens with one attached hydrogen (secondary N) is 3. The van der Waals surface area contributed by atoms with Crippen LogP contribution in [-0.4, -0.2) is 60.9 Å². The maximum Gasteiger partial charge on any atom is 0.245 e. The highest BCUT2D eigenvalue weighted by molar-refractivity contribution is 5.89. The normalized spacial score (nSPS) is 12.5. The Morgan fingerprint density at radius 2 is 1.04 bits per heavy atom. The number of hydrogen-bond acceptors (Lipinski definition) is 5. The van der Waals surface area contributed by atoms with Gasteiger partial charge in [-0.1, -0.05) is 142 Å². The zero-order valence-corrected chi connectivity index (χ0v) is 31.1. The average Bonchev–Trinajstić information content (AvgIpc) is 3.06. The first-order valence-corrected chi connectivity index (χ1v) is 20.0. The van der Waals surface area contributed by atoms with Gasteiger partial charge in [0.2, 0.25) is 11.8 Å². The molecule has 0 fully saturated rings. The molecule has 0 aromatic rings. The van der Waals surface area contributed by atoms with E-state index in [-0.39, 0.29) is 17.8 Å². The molecule has 2 unspecified atom stereocenters. The Kier molecular flexibility index (Phi) is 32.7. The summed E-state index contributed by atoms with van der Waals surface area (Å²) in [5.41, 5.74) is 17.3. The Hall–Kier alpha value is -1.87. The van der Waals surface area contributed by atoms with E-state index in [0.717, 1.165) is 51.6 Å². The Morgan fingerprint density at radius 3 is 1.45 bits per heavy atom. The number of nitrogens with two attached hydrogens (primary N) is 3. The minimum Gasteiger partial charge on any atom is -0.370 e. The Bertz CT molecular complexity index is 737. The summed E-state index contributed by atoms with van der Waals surface area (Å²) in [4.78, 5) is 29.0. The van der Waals surface area contributed by atoms with Crippen LogP contribution in [0.5, 0.6) is 0 Å². The molecule has 278 valence electrons. The fraction of sp³-hybridized carbons (Fsp3) is 0.921. The van der Waals surface area contributed by atoms with Crippen LogP contribution in [0.1, 0.15) is 187 Å². The van der Waals surface area contributed by atoms with Gasteiger partial charge in [0.25, 0.3) is 0 Å². The topological polar surface area (TPSA) is 163 Å². The summed E-state index contributed by atoms with van der Waals surface area (Å²) in [6.07, 6.45) is 31.4. The van der Waals surface area contributed by atoms with Gasteiger partial charge in [-0.15, -0.1) is 0 Å². The zero-order chi connectivity index (χ0) is 34.8. The maximum absolute atomic E-state index is 13.9. The van der Waals surface area contributed by atoms with Gasteiger partial charge in [0, 0.05) is 19.6 Å². The molecule has 0 aromatic carbocycles. The number of guanidine groups is 1. The van der Waals surface area contributed by atoms with E-state index in [1.807, 2.05) is 4.90 Å². The van der Waals surface area contributed by atoms with Crippen molar-refractivity contribution in [2.75, 3.05) is 26.2 Å². The molecule has 0 saturated heterocycles. The van der Waals surface area contributed by atoms with Gasteiger partial charge in [-0.25, -0.2) is 0 Å². The van der Waals surface area contributed by atoms with Crippen LogP contribution in [0.25, 0.3) is 0 Å². The molecule has 0 aromatic heterocycles. The molecule has 0 saturated carbocycles. The van der Waals surface area contributed by atoms with E-state index in [0.29, 0.717) is 32.4 Å². The SMILES string of the molecule is CCCCCCCCCCCCCCN(CCCCCCCCCCCC)C(=O)C(CCCCN)NC(=O)C(N)CCCNC(=N)N. The van der Waals surface area contributed by atoms with Crippen LogP contribution in [0.15, 0.2) is 0 Å². The fourth-order valence-electron chi connectivity index (χ4n) is 6.19. The lowest BCUT2D eigenvalue weighted by atomic mass is 10.0. The van der Waals surface area contributed by atoms with Crippen molar-refractivity contribution in [3.8, 4) is 0 Å². The number of amides is 2. The molecular weight excluding hydrogens is 586 g/mol. The zero-order valence-electron chi connectivity index (χ0n) is 31.1. The van der Waals surface area contributed by atoms with E-state index in [1.165, 1.54) is 116 Å². The van der Waals surface area contributed by atoms with Gasteiger partial charge < -0.3 is 32.7 Å². The summed E-state index contributed by atoms with van der Waals surface area (Å²) < 4.78 is 0. The van der Waals surface area contributed by atoms with Gasteiger partial charge in [0.1, 0.15) is 6.04 Å². The second-order valence-electron chi connectivity index (χ2n) is 13.8. The van der Waals surface area contributed by atoms with Crippen LogP contribution < -0.4 is 27.8 Å². The number of unbranched alkanes of at least 4 members (excludes halogenated alkanes) is 21. The van der Waals surface area contributed by atoms with Gasteiger partial charge in [0.15, 0.2) is 5.96 Å². The minimum atomic E-state index is -0.708. The standard InChI is InChI=1S/C38H79N7O2/c1-3-5-7-9-11-13-15-16-18-20-22-26-33-45(32-25-21-19-17-14-12-10-8-6-4-2)37(47)35(29-23-24-30-39)44-36(46)34(40)28-27-31-43-38(41)42/h34-35H,3-33,39-40H2,1-2H3,(H,44,46)(H4,41,42,43). The van der Waals surface area contributed by atoms with Gasteiger partial charge in [0.05, 0.1) is 6.04 Å². The van der Waals surface area contributed by atoms with Gasteiger partial charge >= 0.3 is 0 Å². The number of carbonyl (C=O) groups is 2. The molecule has 9 N–H and O–H groups in total. The number of carbonyl (C=O) groups excluding carboxylic acids is 2. The first-order valence-electron chi connectivity index (χ1n) is 20.0. The van der Waals surface area contributed by atoms with Crippen LogP contribution in [-0.2, 0) is 9.59 Å². The molecule has 0 aliphatic rings. The largest absolute Gasteiger partial charge is 0.370 e. The van der Waals surface area contributed by atoms with Crippen LogP contribution >= 0.6 is 0 Å². The lowest BCUT2D eigenvalue weighted by molar-refractivity contribution is -0.137. The highest BCUT2D eigenvalue weighted by Crippen LogP contribution is 2.15. The summed E-state index contributed by atoms with van der Waals surface area (Å²) in [6, 6.07) is -1.28. The molecule has 0 bridgehead atoms. The second-order valence-corrected chi connectivity index (χ2v) is 13.8. The van der Waals surface area contributed by atoms with Gasteiger partial charge in [-0.05, 0) is 51.5 Å². The Labute approximate surface area is 290 Å². The average molecular weight is 666 g/mol. The maximum atomic E-state index is 13.9. The second kappa shape index (κ2) is 34.0. The summed E-state index contributed by atoms with van der Waals surface area (Å²) in [6.45, 7) is 7.08. The third-order valence-electron chi connectivity index (χ3n) is 9.28. The predicted octanol–water partition coefficient (Wildman–Crippen LogP) is 7.64. The van der Waals surface area contributed by atoms with Gasteiger partial charge in [-0.2, -0.15) is 0 Å².